The molecule has 0 aromatic heterocycles. The molecule has 4 nitrogen and oxygen atoms in total. The van der Waals surface area contributed by atoms with Gasteiger partial charge in [0.1, 0.15) is 12.4 Å². The predicted octanol–water partition coefficient (Wildman–Crippen LogP) is 3.21. The van der Waals surface area contributed by atoms with Crippen LogP contribution in [0.3, 0.4) is 0 Å². The van der Waals surface area contributed by atoms with E-state index in [9.17, 15) is 4.79 Å². The van der Waals surface area contributed by atoms with Gasteiger partial charge >= 0.3 is 0 Å². The second-order valence-electron chi connectivity index (χ2n) is 5.76. The zero-order valence-electron chi connectivity index (χ0n) is 13.9. The largest absolute Gasteiger partial charge is 0.491 e. The van der Waals surface area contributed by atoms with Gasteiger partial charge < -0.3 is 9.64 Å². The van der Waals surface area contributed by atoms with Crippen LogP contribution in [0.1, 0.15) is 43.5 Å². The summed E-state index contributed by atoms with van der Waals surface area (Å²) < 4.78 is 5.91. The van der Waals surface area contributed by atoms with Crippen molar-refractivity contribution in [2.45, 2.75) is 33.1 Å². The molecular weight excluding hydrogens is 276 g/mol. The number of ether oxygens (including phenoxy) is 1. The average molecular weight is 304 g/mol. The summed E-state index contributed by atoms with van der Waals surface area (Å²) in [6, 6.07) is 5.85. The van der Waals surface area contributed by atoms with E-state index in [0.29, 0.717) is 17.9 Å². The standard InChI is InChI=1S/C18H28N2O2/c1-3-20(4-2)17-9-8-16(15-21)18(14-17)22-13-12-19-10-6-5-7-11-19/h8-9,14-15H,3-7,10-13H2,1-2H3. The Balaban J connectivity index is 1.97. The molecule has 0 saturated carbocycles. The summed E-state index contributed by atoms with van der Waals surface area (Å²) in [5.74, 6) is 0.705. The lowest BCUT2D eigenvalue weighted by atomic mass is 10.1. The van der Waals surface area contributed by atoms with Gasteiger partial charge in [-0.1, -0.05) is 6.42 Å². The Bertz CT molecular complexity index is 466. The summed E-state index contributed by atoms with van der Waals surface area (Å²) in [6.45, 7) is 10.1. The third-order valence-corrected chi connectivity index (χ3v) is 4.37. The van der Waals surface area contributed by atoms with E-state index in [-0.39, 0.29) is 0 Å². The molecule has 1 saturated heterocycles. The monoisotopic (exact) mass is 304 g/mol. The minimum atomic E-state index is 0.634. The smallest absolute Gasteiger partial charge is 0.153 e. The topological polar surface area (TPSA) is 32.8 Å². The van der Waals surface area contributed by atoms with Crippen molar-refractivity contribution in [3.8, 4) is 5.75 Å². The van der Waals surface area contributed by atoms with Crippen LogP contribution in [-0.4, -0.2) is 50.5 Å². The van der Waals surface area contributed by atoms with E-state index >= 15 is 0 Å². The number of hydrogen-bond acceptors (Lipinski definition) is 4. The zero-order chi connectivity index (χ0) is 15.8. The van der Waals surface area contributed by atoms with Gasteiger partial charge in [-0.05, 0) is 51.9 Å². The molecule has 1 heterocycles. The fourth-order valence-electron chi connectivity index (χ4n) is 3.00. The van der Waals surface area contributed by atoms with Crippen LogP contribution in [0.4, 0.5) is 5.69 Å². The maximum absolute atomic E-state index is 11.2. The van der Waals surface area contributed by atoms with Gasteiger partial charge in [-0.2, -0.15) is 0 Å². The number of hydrogen-bond donors (Lipinski definition) is 0. The summed E-state index contributed by atoms with van der Waals surface area (Å²) in [6.07, 6.45) is 4.80. The average Bonchev–Trinajstić information content (AvgIpc) is 2.57. The maximum Gasteiger partial charge on any atom is 0.153 e. The number of aldehydes is 1. The van der Waals surface area contributed by atoms with Gasteiger partial charge in [0, 0.05) is 31.4 Å². The summed E-state index contributed by atoms with van der Waals surface area (Å²) in [4.78, 5) is 15.9. The number of benzene rings is 1. The zero-order valence-corrected chi connectivity index (χ0v) is 13.9. The van der Waals surface area contributed by atoms with Gasteiger partial charge in [0.15, 0.2) is 6.29 Å². The molecule has 1 aliphatic rings. The second kappa shape index (κ2) is 8.79. The van der Waals surface area contributed by atoms with E-state index in [4.69, 9.17) is 4.74 Å². The van der Waals surface area contributed by atoms with E-state index in [1.54, 1.807) is 0 Å². The Morgan fingerprint density at radius 2 is 1.91 bits per heavy atom. The number of carbonyl (C=O) groups excluding carboxylic acids is 1. The lowest BCUT2D eigenvalue weighted by Gasteiger charge is -2.26. The third kappa shape index (κ3) is 4.47. The highest BCUT2D eigenvalue weighted by molar-refractivity contribution is 5.80. The quantitative estimate of drug-likeness (QED) is 0.690. The molecule has 1 fully saturated rings. The second-order valence-corrected chi connectivity index (χ2v) is 5.76. The van der Waals surface area contributed by atoms with E-state index in [0.717, 1.165) is 31.6 Å². The molecule has 1 aromatic carbocycles. The first-order valence-corrected chi connectivity index (χ1v) is 8.47. The first-order chi connectivity index (χ1) is 10.8. The molecule has 0 radical (unpaired) electrons. The molecule has 0 N–H and O–H groups in total. The lowest BCUT2D eigenvalue weighted by molar-refractivity contribution is 0.111. The van der Waals surface area contributed by atoms with Crippen LogP contribution in [0.25, 0.3) is 0 Å². The summed E-state index contributed by atoms with van der Waals surface area (Å²) in [5, 5.41) is 0. The molecule has 0 unspecified atom stereocenters. The van der Waals surface area contributed by atoms with Gasteiger partial charge in [-0.25, -0.2) is 0 Å². The third-order valence-electron chi connectivity index (χ3n) is 4.37. The fraction of sp³-hybridized carbons (Fsp3) is 0.611. The number of rotatable bonds is 8. The molecule has 4 heteroatoms. The fourth-order valence-corrected chi connectivity index (χ4v) is 3.00. The highest BCUT2D eigenvalue weighted by atomic mass is 16.5. The molecule has 0 bridgehead atoms. The molecule has 1 aliphatic heterocycles. The van der Waals surface area contributed by atoms with Crippen LogP contribution in [-0.2, 0) is 0 Å². The molecule has 2 rings (SSSR count). The molecule has 0 amide bonds. The van der Waals surface area contributed by atoms with Crippen molar-refractivity contribution in [2.24, 2.45) is 0 Å². The Hall–Kier alpha value is -1.55. The van der Waals surface area contributed by atoms with Crippen molar-refractivity contribution >= 4 is 12.0 Å². The van der Waals surface area contributed by atoms with Crippen LogP contribution >= 0.6 is 0 Å². The Labute approximate surface area is 134 Å². The molecular formula is C18H28N2O2. The van der Waals surface area contributed by atoms with Crippen molar-refractivity contribution in [3.63, 3.8) is 0 Å². The Morgan fingerprint density at radius 3 is 2.55 bits per heavy atom. The van der Waals surface area contributed by atoms with E-state index in [1.807, 2.05) is 18.2 Å². The van der Waals surface area contributed by atoms with Crippen molar-refractivity contribution in [2.75, 3.05) is 44.2 Å². The minimum Gasteiger partial charge on any atom is -0.491 e. The van der Waals surface area contributed by atoms with Gasteiger partial charge in [0.25, 0.3) is 0 Å². The van der Waals surface area contributed by atoms with Crippen molar-refractivity contribution in [1.29, 1.82) is 0 Å². The maximum atomic E-state index is 11.2. The number of anilines is 1. The van der Waals surface area contributed by atoms with Gasteiger partial charge in [0.05, 0.1) is 5.56 Å². The molecule has 1 aromatic rings. The van der Waals surface area contributed by atoms with Crippen molar-refractivity contribution in [3.05, 3.63) is 23.8 Å². The number of carbonyl (C=O) groups is 1. The highest BCUT2D eigenvalue weighted by Gasteiger charge is 2.11. The van der Waals surface area contributed by atoms with Crippen LogP contribution in [0, 0.1) is 0 Å². The van der Waals surface area contributed by atoms with E-state index in [2.05, 4.69) is 23.6 Å². The number of nitrogens with zero attached hydrogens (tertiary/aromatic N) is 2. The molecule has 22 heavy (non-hydrogen) atoms. The molecule has 0 aliphatic carbocycles. The van der Waals surface area contributed by atoms with Crippen LogP contribution < -0.4 is 9.64 Å². The summed E-state index contributed by atoms with van der Waals surface area (Å²) in [7, 11) is 0. The molecule has 122 valence electrons. The minimum absolute atomic E-state index is 0.634. The van der Waals surface area contributed by atoms with Crippen molar-refractivity contribution < 1.29 is 9.53 Å². The number of piperidine rings is 1. The van der Waals surface area contributed by atoms with Crippen LogP contribution in [0.15, 0.2) is 18.2 Å². The number of likely N-dealkylation sites (tertiary alicyclic amines) is 1. The highest BCUT2D eigenvalue weighted by Crippen LogP contribution is 2.25. The lowest BCUT2D eigenvalue weighted by Crippen LogP contribution is -2.33. The van der Waals surface area contributed by atoms with Crippen LogP contribution in [0.2, 0.25) is 0 Å². The van der Waals surface area contributed by atoms with Gasteiger partial charge in [0.2, 0.25) is 0 Å². The first-order valence-electron chi connectivity index (χ1n) is 8.47. The Morgan fingerprint density at radius 1 is 1.18 bits per heavy atom. The Kier molecular flexibility index (Phi) is 6.72. The van der Waals surface area contributed by atoms with Gasteiger partial charge in [-0.15, -0.1) is 0 Å². The predicted molar refractivity (Wildman–Crippen MR) is 91.2 cm³/mol. The van der Waals surface area contributed by atoms with E-state index in [1.165, 1.54) is 32.4 Å². The summed E-state index contributed by atoms with van der Waals surface area (Å²) in [5.41, 5.74) is 1.75. The van der Waals surface area contributed by atoms with Crippen LogP contribution in [0.5, 0.6) is 5.75 Å². The normalized spacial score (nSPS) is 15.5. The first kappa shape index (κ1) is 16.8. The van der Waals surface area contributed by atoms with Crippen molar-refractivity contribution in [1.82, 2.24) is 4.90 Å². The van der Waals surface area contributed by atoms with E-state index < -0.39 is 0 Å². The van der Waals surface area contributed by atoms with Gasteiger partial charge in [-0.3, -0.25) is 9.69 Å². The SMILES string of the molecule is CCN(CC)c1ccc(C=O)c(OCCN2CCCCC2)c1. The summed E-state index contributed by atoms with van der Waals surface area (Å²) >= 11 is 0. The molecule has 0 spiro atoms. The molecule has 0 atom stereocenters.